The quantitative estimate of drug-likeness (QED) is 0.327. The van der Waals surface area contributed by atoms with E-state index in [0.29, 0.717) is 16.9 Å². The van der Waals surface area contributed by atoms with E-state index in [-0.39, 0.29) is 35.2 Å². The molecule has 4 rings (SSSR count). The summed E-state index contributed by atoms with van der Waals surface area (Å²) in [4.78, 5) is -1.47. The first kappa shape index (κ1) is 19.3. The maximum absolute atomic E-state index is 11.6. The van der Waals surface area contributed by atoms with E-state index < -0.39 is 11.0 Å². The molecule has 0 saturated carbocycles. The van der Waals surface area contributed by atoms with Crippen LogP contribution in [0.15, 0.2) is 60.7 Å². The Morgan fingerprint density at radius 3 is 2.38 bits per heavy atom. The topological polar surface area (TPSA) is 110 Å². The summed E-state index contributed by atoms with van der Waals surface area (Å²) in [7, 11) is 0. The fourth-order valence-electron chi connectivity index (χ4n) is 3.41. The molecule has 0 aromatic heterocycles. The van der Waals surface area contributed by atoms with Crippen LogP contribution in [-0.4, -0.2) is 30.5 Å². The molecule has 2 atom stereocenters. The van der Waals surface area contributed by atoms with Crippen molar-refractivity contribution >= 4 is 11.8 Å². The molecule has 1 heterocycles. The standard InChI is InChI=1S/C22H20O6S/c23-15-9-18(25)16-11-22(27,29-12-13-4-2-1-3-5-13)21(28-20(16)10-15)14-6-7-17(24)19(26)8-14/h1-10,21,23-27H,11-12H2/t21?,22-/m1/s1. The average molecular weight is 412 g/mol. The minimum absolute atomic E-state index is 0.0677. The van der Waals surface area contributed by atoms with Gasteiger partial charge < -0.3 is 30.3 Å². The van der Waals surface area contributed by atoms with Crippen LogP contribution < -0.4 is 4.74 Å². The van der Waals surface area contributed by atoms with Crippen molar-refractivity contribution in [2.24, 2.45) is 0 Å². The van der Waals surface area contributed by atoms with Crippen LogP contribution in [0.25, 0.3) is 0 Å². The number of rotatable bonds is 4. The van der Waals surface area contributed by atoms with Gasteiger partial charge in [0.1, 0.15) is 17.2 Å². The number of aliphatic hydroxyl groups is 1. The molecule has 5 N–H and O–H groups in total. The van der Waals surface area contributed by atoms with Gasteiger partial charge in [-0.15, -0.1) is 11.8 Å². The Morgan fingerprint density at radius 1 is 0.897 bits per heavy atom. The second-order valence-corrected chi connectivity index (χ2v) is 8.27. The third-order valence-corrected chi connectivity index (χ3v) is 6.22. The molecule has 0 fully saturated rings. The van der Waals surface area contributed by atoms with E-state index in [1.54, 1.807) is 6.07 Å². The first-order valence-electron chi connectivity index (χ1n) is 8.99. The van der Waals surface area contributed by atoms with Crippen LogP contribution in [0.5, 0.6) is 28.7 Å². The molecular formula is C22H20O6S. The molecule has 3 aromatic carbocycles. The number of fused-ring (bicyclic) bond motifs is 1. The highest BCUT2D eigenvalue weighted by Crippen LogP contribution is 2.51. The van der Waals surface area contributed by atoms with Crippen LogP contribution >= 0.6 is 11.8 Å². The molecule has 0 amide bonds. The molecule has 0 aliphatic carbocycles. The number of hydrogen-bond acceptors (Lipinski definition) is 7. The number of thioether (sulfide) groups is 1. The monoisotopic (exact) mass is 412 g/mol. The Bertz CT molecular complexity index is 1040. The molecule has 1 aliphatic rings. The molecule has 1 aliphatic heterocycles. The van der Waals surface area contributed by atoms with Gasteiger partial charge in [0.2, 0.25) is 0 Å². The zero-order chi connectivity index (χ0) is 20.6. The predicted molar refractivity (Wildman–Crippen MR) is 109 cm³/mol. The van der Waals surface area contributed by atoms with Crippen molar-refractivity contribution in [1.29, 1.82) is 0 Å². The average Bonchev–Trinajstić information content (AvgIpc) is 2.70. The normalized spacial score (nSPS) is 20.7. The summed E-state index contributed by atoms with van der Waals surface area (Å²) in [5.74, 6) is -0.173. The van der Waals surface area contributed by atoms with E-state index in [0.717, 1.165) is 5.56 Å². The Kier molecular flexibility index (Phi) is 4.94. The Labute approximate surface area is 171 Å². The summed E-state index contributed by atoms with van der Waals surface area (Å²) in [5, 5.41) is 51.2. The van der Waals surface area contributed by atoms with Crippen molar-refractivity contribution < 1.29 is 30.3 Å². The molecule has 150 valence electrons. The summed E-state index contributed by atoms with van der Waals surface area (Å²) in [6.45, 7) is 0. The van der Waals surface area contributed by atoms with Gasteiger partial charge in [0.15, 0.2) is 22.5 Å². The first-order valence-corrected chi connectivity index (χ1v) is 9.98. The zero-order valence-corrected chi connectivity index (χ0v) is 16.1. The van der Waals surface area contributed by atoms with Crippen molar-refractivity contribution in [1.82, 2.24) is 0 Å². The molecule has 1 unspecified atom stereocenters. The van der Waals surface area contributed by atoms with Crippen molar-refractivity contribution in [3.8, 4) is 28.7 Å². The van der Waals surface area contributed by atoms with Gasteiger partial charge in [-0.25, -0.2) is 0 Å². The van der Waals surface area contributed by atoms with Crippen LogP contribution in [0.4, 0.5) is 0 Å². The van der Waals surface area contributed by atoms with Crippen molar-refractivity contribution in [3.05, 3.63) is 77.4 Å². The Hall–Kier alpha value is -3.03. The molecule has 0 spiro atoms. The second kappa shape index (κ2) is 7.42. The highest BCUT2D eigenvalue weighted by Gasteiger charge is 2.46. The zero-order valence-electron chi connectivity index (χ0n) is 15.3. The van der Waals surface area contributed by atoms with E-state index >= 15 is 0 Å². The number of ether oxygens (including phenoxy) is 1. The lowest BCUT2D eigenvalue weighted by molar-refractivity contribution is -0.00750. The van der Waals surface area contributed by atoms with Gasteiger partial charge in [-0.3, -0.25) is 0 Å². The van der Waals surface area contributed by atoms with Gasteiger partial charge in [0.05, 0.1) is 0 Å². The van der Waals surface area contributed by atoms with Crippen LogP contribution in [0.3, 0.4) is 0 Å². The Morgan fingerprint density at radius 2 is 1.66 bits per heavy atom. The van der Waals surface area contributed by atoms with Gasteiger partial charge in [-0.05, 0) is 17.7 Å². The molecule has 0 bridgehead atoms. The predicted octanol–water partition coefficient (Wildman–Crippen LogP) is 3.81. The van der Waals surface area contributed by atoms with Gasteiger partial charge in [0.25, 0.3) is 0 Å². The maximum Gasteiger partial charge on any atom is 0.162 e. The third kappa shape index (κ3) is 3.79. The second-order valence-electron chi connectivity index (χ2n) is 6.98. The van der Waals surface area contributed by atoms with E-state index in [4.69, 9.17) is 4.74 Å². The summed E-state index contributed by atoms with van der Waals surface area (Å²) >= 11 is 1.26. The lowest BCUT2D eigenvalue weighted by Crippen LogP contribution is -2.41. The molecule has 7 heteroatoms. The van der Waals surface area contributed by atoms with Crippen LogP contribution in [-0.2, 0) is 12.2 Å². The van der Waals surface area contributed by atoms with E-state index in [9.17, 15) is 25.5 Å². The minimum atomic E-state index is -1.47. The van der Waals surface area contributed by atoms with E-state index in [1.165, 1.54) is 36.0 Å². The lowest BCUT2D eigenvalue weighted by atomic mass is 9.93. The molecule has 3 aromatic rings. The smallest absolute Gasteiger partial charge is 0.162 e. The maximum atomic E-state index is 11.6. The number of benzene rings is 3. The number of phenolic OH excluding ortho intramolecular Hbond substituents is 4. The SMILES string of the molecule is Oc1cc(O)c2c(c1)OC(c1ccc(O)c(O)c1)[C@](O)(SCc1ccccc1)C2. The summed E-state index contributed by atoms with van der Waals surface area (Å²) in [6, 6.07) is 16.4. The first-order chi connectivity index (χ1) is 13.9. The van der Waals surface area contributed by atoms with Crippen molar-refractivity contribution in [3.63, 3.8) is 0 Å². The van der Waals surface area contributed by atoms with Crippen molar-refractivity contribution in [2.75, 3.05) is 0 Å². The summed E-state index contributed by atoms with van der Waals surface area (Å²) in [5.41, 5.74) is 1.86. The summed E-state index contributed by atoms with van der Waals surface area (Å²) in [6.07, 6.45) is -0.838. The van der Waals surface area contributed by atoms with Gasteiger partial charge in [-0.1, -0.05) is 36.4 Å². The fourth-order valence-corrected chi connectivity index (χ4v) is 4.60. The highest BCUT2D eigenvalue weighted by molar-refractivity contribution is 7.99. The lowest BCUT2D eigenvalue weighted by Gasteiger charge is -2.40. The number of hydrogen-bond donors (Lipinski definition) is 5. The molecule has 0 radical (unpaired) electrons. The van der Waals surface area contributed by atoms with Gasteiger partial charge >= 0.3 is 0 Å². The largest absolute Gasteiger partial charge is 0.508 e. The van der Waals surface area contributed by atoms with Crippen LogP contribution in [0.2, 0.25) is 0 Å². The van der Waals surface area contributed by atoms with E-state index in [2.05, 4.69) is 0 Å². The highest BCUT2D eigenvalue weighted by atomic mass is 32.2. The van der Waals surface area contributed by atoms with Gasteiger partial charge in [-0.2, -0.15) is 0 Å². The number of phenols is 4. The molecule has 6 nitrogen and oxygen atoms in total. The molecule has 0 saturated heterocycles. The molecule has 29 heavy (non-hydrogen) atoms. The van der Waals surface area contributed by atoms with Crippen LogP contribution in [0.1, 0.15) is 22.8 Å². The Balaban J connectivity index is 1.74. The third-order valence-electron chi connectivity index (χ3n) is 4.89. The van der Waals surface area contributed by atoms with Crippen molar-refractivity contribution in [2.45, 2.75) is 23.2 Å². The minimum Gasteiger partial charge on any atom is -0.508 e. The fraction of sp³-hybridized carbons (Fsp3) is 0.182. The molecular weight excluding hydrogens is 392 g/mol. The van der Waals surface area contributed by atoms with Gasteiger partial charge in [0, 0.05) is 35.4 Å². The van der Waals surface area contributed by atoms with Crippen LogP contribution in [0, 0.1) is 0 Å². The van der Waals surface area contributed by atoms with E-state index in [1.807, 2.05) is 30.3 Å². The number of aromatic hydroxyl groups is 4. The summed E-state index contributed by atoms with van der Waals surface area (Å²) < 4.78 is 5.99.